The highest BCUT2D eigenvalue weighted by Gasteiger charge is 2.31. The normalized spacial score (nSPS) is 15.7. The minimum absolute atomic E-state index is 0.217. The molecule has 1 unspecified atom stereocenters. The molecular formula is C25H22F3N3O. The van der Waals surface area contributed by atoms with Gasteiger partial charge in [-0.15, -0.1) is 0 Å². The van der Waals surface area contributed by atoms with E-state index in [1.54, 1.807) is 6.20 Å². The van der Waals surface area contributed by atoms with Gasteiger partial charge in [-0.25, -0.2) is 0 Å². The highest BCUT2D eigenvalue weighted by molar-refractivity contribution is 5.87. The van der Waals surface area contributed by atoms with Gasteiger partial charge in [0.25, 0.3) is 0 Å². The van der Waals surface area contributed by atoms with Crippen LogP contribution in [0.25, 0.3) is 0 Å². The van der Waals surface area contributed by atoms with Crippen molar-refractivity contribution in [1.29, 1.82) is 0 Å². The maximum Gasteiger partial charge on any atom is 0.416 e. The standard InChI is InChI=1S/C25H22F3N3O/c1-2-24(32)30-20-14-22-18(13-17-5-4-12-29-15-17)6-3-7-23(22)31(16-20)21-10-8-19(9-11-21)25(26,27)28/h2-12,15,20H,1,13-14,16H2,(H,30,32). The number of hydrogen-bond donors (Lipinski definition) is 1. The third kappa shape index (κ3) is 4.66. The molecule has 1 aromatic heterocycles. The van der Waals surface area contributed by atoms with Gasteiger partial charge in [0.1, 0.15) is 0 Å². The fourth-order valence-corrected chi connectivity index (χ4v) is 4.06. The number of fused-ring (bicyclic) bond motifs is 1. The van der Waals surface area contributed by atoms with Gasteiger partial charge in [0.15, 0.2) is 0 Å². The van der Waals surface area contributed by atoms with Gasteiger partial charge in [-0.1, -0.05) is 24.8 Å². The highest BCUT2D eigenvalue weighted by atomic mass is 19.4. The van der Waals surface area contributed by atoms with Crippen LogP contribution in [-0.4, -0.2) is 23.5 Å². The number of alkyl halides is 3. The largest absolute Gasteiger partial charge is 0.416 e. The van der Waals surface area contributed by atoms with E-state index in [0.717, 1.165) is 34.5 Å². The van der Waals surface area contributed by atoms with E-state index in [2.05, 4.69) is 16.9 Å². The Morgan fingerprint density at radius 2 is 1.94 bits per heavy atom. The van der Waals surface area contributed by atoms with Crippen LogP contribution in [0.3, 0.4) is 0 Å². The minimum Gasteiger partial charge on any atom is -0.348 e. The lowest BCUT2D eigenvalue weighted by Gasteiger charge is -2.37. The molecule has 0 radical (unpaired) electrons. The number of aromatic nitrogens is 1. The molecular weight excluding hydrogens is 415 g/mol. The molecule has 4 nitrogen and oxygen atoms in total. The number of carbonyl (C=O) groups excluding carboxylic acids is 1. The molecule has 0 spiro atoms. The molecule has 1 aliphatic rings. The topological polar surface area (TPSA) is 45.2 Å². The summed E-state index contributed by atoms with van der Waals surface area (Å²) < 4.78 is 39.1. The number of rotatable bonds is 5. The maximum absolute atomic E-state index is 13.0. The molecule has 32 heavy (non-hydrogen) atoms. The summed E-state index contributed by atoms with van der Waals surface area (Å²) in [6.45, 7) is 3.95. The summed E-state index contributed by atoms with van der Waals surface area (Å²) in [7, 11) is 0. The van der Waals surface area contributed by atoms with E-state index in [4.69, 9.17) is 0 Å². The Balaban J connectivity index is 1.73. The van der Waals surface area contributed by atoms with Crippen molar-refractivity contribution in [3.05, 3.63) is 102 Å². The van der Waals surface area contributed by atoms with E-state index in [0.29, 0.717) is 25.1 Å². The number of hydrogen-bond acceptors (Lipinski definition) is 3. The summed E-state index contributed by atoms with van der Waals surface area (Å²) in [4.78, 5) is 18.1. The average Bonchev–Trinajstić information content (AvgIpc) is 2.79. The predicted octanol–water partition coefficient (Wildman–Crippen LogP) is 5.06. The van der Waals surface area contributed by atoms with Gasteiger partial charge < -0.3 is 10.2 Å². The number of carbonyl (C=O) groups is 1. The molecule has 0 saturated heterocycles. The molecule has 0 saturated carbocycles. The van der Waals surface area contributed by atoms with Crippen LogP contribution in [0.4, 0.5) is 24.5 Å². The van der Waals surface area contributed by atoms with Crippen molar-refractivity contribution >= 4 is 17.3 Å². The Labute approximate surface area is 184 Å². The van der Waals surface area contributed by atoms with Crippen LogP contribution in [0, 0.1) is 0 Å². The first-order valence-corrected chi connectivity index (χ1v) is 10.2. The smallest absolute Gasteiger partial charge is 0.348 e. The van der Waals surface area contributed by atoms with Crippen molar-refractivity contribution in [3.63, 3.8) is 0 Å². The van der Waals surface area contributed by atoms with Gasteiger partial charge in [0, 0.05) is 30.3 Å². The summed E-state index contributed by atoms with van der Waals surface area (Å²) in [6.07, 6.45) is 1.64. The summed E-state index contributed by atoms with van der Waals surface area (Å²) in [6, 6.07) is 14.7. The lowest BCUT2D eigenvalue weighted by molar-refractivity contribution is -0.137. The second kappa shape index (κ2) is 8.86. The van der Waals surface area contributed by atoms with Crippen molar-refractivity contribution in [2.45, 2.75) is 25.1 Å². The van der Waals surface area contributed by atoms with Gasteiger partial charge in [-0.05, 0) is 72.0 Å². The second-order valence-corrected chi connectivity index (χ2v) is 7.72. The van der Waals surface area contributed by atoms with Crippen molar-refractivity contribution in [2.75, 3.05) is 11.4 Å². The van der Waals surface area contributed by atoms with E-state index in [9.17, 15) is 18.0 Å². The van der Waals surface area contributed by atoms with Gasteiger partial charge in [-0.3, -0.25) is 9.78 Å². The van der Waals surface area contributed by atoms with Crippen LogP contribution in [0.2, 0.25) is 0 Å². The molecule has 3 aromatic rings. The van der Waals surface area contributed by atoms with E-state index in [-0.39, 0.29) is 11.9 Å². The Morgan fingerprint density at radius 1 is 1.16 bits per heavy atom. The van der Waals surface area contributed by atoms with Gasteiger partial charge in [0.05, 0.1) is 11.6 Å². The zero-order valence-corrected chi connectivity index (χ0v) is 17.3. The third-order valence-corrected chi connectivity index (χ3v) is 5.55. The molecule has 0 aliphatic carbocycles. The zero-order valence-electron chi connectivity index (χ0n) is 17.3. The van der Waals surface area contributed by atoms with E-state index in [1.165, 1.54) is 18.2 Å². The summed E-state index contributed by atoms with van der Waals surface area (Å²) >= 11 is 0. The van der Waals surface area contributed by atoms with E-state index in [1.807, 2.05) is 41.4 Å². The molecule has 0 fully saturated rings. The molecule has 1 aliphatic heterocycles. The number of anilines is 2. The molecule has 164 valence electrons. The van der Waals surface area contributed by atoms with Crippen LogP contribution in [0.1, 0.15) is 22.3 Å². The Bertz CT molecular complexity index is 1110. The van der Waals surface area contributed by atoms with Crippen LogP contribution in [0.5, 0.6) is 0 Å². The fourth-order valence-electron chi connectivity index (χ4n) is 4.06. The van der Waals surface area contributed by atoms with E-state index < -0.39 is 11.7 Å². The van der Waals surface area contributed by atoms with Crippen LogP contribution < -0.4 is 10.2 Å². The SMILES string of the molecule is C=CC(=O)NC1Cc2c(Cc3cccnc3)cccc2N(c2ccc(C(F)(F)F)cc2)C1. The maximum atomic E-state index is 13.0. The van der Waals surface area contributed by atoms with Crippen LogP contribution in [0.15, 0.2) is 79.6 Å². The average molecular weight is 437 g/mol. The fraction of sp³-hybridized carbons (Fsp3) is 0.200. The molecule has 4 rings (SSSR count). The van der Waals surface area contributed by atoms with Gasteiger partial charge in [-0.2, -0.15) is 13.2 Å². The Morgan fingerprint density at radius 3 is 2.59 bits per heavy atom. The number of halogens is 3. The third-order valence-electron chi connectivity index (χ3n) is 5.55. The molecule has 2 heterocycles. The molecule has 7 heteroatoms. The first-order chi connectivity index (χ1) is 15.3. The second-order valence-electron chi connectivity index (χ2n) is 7.72. The number of nitrogens with one attached hydrogen (secondary N) is 1. The molecule has 1 amide bonds. The van der Waals surface area contributed by atoms with Crippen molar-refractivity contribution in [2.24, 2.45) is 0 Å². The van der Waals surface area contributed by atoms with Crippen molar-refractivity contribution < 1.29 is 18.0 Å². The Kier molecular flexibility index (Phi) is 5.99. The predicted molar refractivity (Wildman–Crippen MR) is 118 cm³/mol. The highest BCUT2D eigenvalue weighted by Crippen LogP contribution is 2.37. The Hall–Kier alpha value is -3.61. The number of pyridine rings is 1. The van der Waals surface area contributed by atoms with Crippen molar-refractivity contribution in [3.8, 4) is 0 Å². The summed E-state index contributed by atoms with van der Waals surface area (Å²) in [5.41, 5.74) is 4.06. The molecule has 1 N–H and O–H groups in total. The first-order valence-electron chi connectivity index (χ1n) is 10.2. The number of amides is 1. The van der Waals surface area contributed by atoms with Crippen LogP contribution in [-0.2, 0) is 23.8 Å². The lowest BCUT2D eigenvalue weighted by atomic mass is 9.90. The molecule has 1 atom stereocenters. The number of nitrogens with zero attached hydrogens (tertiary/aromatic N) is 2. The number of benzene rings is 2. The summed E-state index contributed by atoms with van der Waals surface area (Å²) in [5.74, 6) is -0.282. The van der Waals surface area contributed by atoms with Gasteiger partial charge in [0.2, 0.25) is 5.91 Å². The minimum atomic E-state index is -4.39. The lowest BCUT2D eigenvalue weighted by Crippen LogP contribution is -2.46. The zero-order chi connectivity index (χ0) is 22.7. The quantitative estimate of drug-likeness (QED) is 0.568. The van der Waals surface area contributed by atoms with Gasteiger partial charge >= 0.3 is 6.18 Å². The van der Waals surface area contributed by atoms with Crippen LogP contribution >= 0.6 is 0 Å². The van der Waals surface area contributed by atoms with Crippen molar-refractivity contribution in [1.82, 2.24) is 10.3 Å². The summed E-state index contributed by atoms with van der Waals surface area (Å²) in [5, 5.41) is 2.94. The monoisotopic (exact) mass is 437 g/mol. The molecule has 0 bridgehead atoms. The molecule has 2 aromatic carbocycles. The first kappa shape index (κ1) is 21.6. The van der Waals surface area contributed by atoms with E-state index >= 15 is 0 Å².